The van der Waals surface area contributed by atoms with Gasteiger partial charge < -0.3 is 10.1 Å². The van der Waals surface area contributed by atoms with Gasteiger partial charge in [0.2, 0.25) is 10.0 Å². The molecule has 1 saturated carbocycles. The van der Waals surface area contributed by atoms with Crippen molar-refractivity contribution in [3.8, 4) is 0 Å². The number of nitrogens with one attached hydrogen (secondary N) is 1. The van der Waals surface area contributed by atoms with Gasteiger partial charge in [0.15, 0.2) is 0 Å². The van der Waals surface area contributed by atoms with Crippen LogP contribution in [0.3, 0.4) is 0 Å². The molecule has 1 saturated heterocycles. The first-order valence-electron chi connectivity index (χ1n) is 10.6. The van der Waals surface area contributed by atoms with Crippen molar-refractivity contribution in [2.75, 3.05) is 32.8 Å². The Morgan fingerprint density at radius 3 is 2.42 bits per heavy atom. The smallest absolute Gasteiger partial charge is 0.252 e. The lowest BCUT2D eigenvalue weighted by atomic mass is 9.79. The van der Waals surface area contributed by atoms with E-state index >= 15 is 0 Å². The quantitative estimate of drug-likeness (QED) is 0.711. The van der Waals surface area contributed by atoms with Gasteiger partial charge in [0.25, 0.3) is 5.91 Å². The van der Waals surface area contributed by atoms with E-state index < -0.39 is 10.0 Å². The zero-order valence-corrected chi connectivity index (χ0v) is 18.9. The number of hydrogen-bond donors (Lipinski definition) is 1. The Hall–Kier alpha value is -1.93. The number of halogens is 1. The summed E-state index contributed by atoms with van der Waals surface area (Å²) in [6.45, 7) is 1.81. The predicted octanol–water partition coefficient (Wildman–Crippen LogP) is 3.60. The average Bonchev–Trinajstić information content (AvgIpc) is 3.29. The minimum absolute atomic E-state index is 0.0718. The van der Waals surface area contributed by atoms with Crippen molar-refractivity contribution >= 4 is 27.5 Å². The molecule has 2 aromatic carbocycles. The van der Waals surface area contributed by atoms with E-state index in [1.54, 1.807) is 0 Å². The molecule has 1 heterocycles. The topological polar surface area (TPSA) is 75.7 Å². The van der Waals surface area contributed by atoms with E-state index in [1.807, 2.05) is 18.2 Å². The fourth-order valence-corrected chi connectivity index (χ4v) is 6.17. The maximum Gasteiger partial charge on any atom is 0.252 e. The Morgan fingerprint density at radius 1 is 1.06 bits per heavy atom. The molecule has 1 amide bonds. The fourth-order valence-electron chi connectivity index (χ4n) is 4.53. The molecule has 2 fully saturated rings. The van der Waals surface area contributed by atoms with Gasteiger partial charge in [-0.2, -0.15) is 4.31 Å². The van der Waals surface area contributed by atoms with Crippen molar-refractivity contribution in [1.29, 1.82) is 0 Å². The lowest BCUT2D eigenvalue weighted by molar-refractivity contribution is 0.0730. The van der Waals surface area contributed by atoms with Crippen LogP contribution in [-0.2, 0) is 20.2 Å². The first kappa shape index (κ1) is 22.3. The van der Waals surface area contributed by atoms with Crippen molar-refractivity contribution in [1.82, 2.24) is 9.62 Å². The van der Waals surface area contributed by atoms with Crippen LogP contribution in [0.4, 0.5) is 0 Å². The number of sulfonamides is 1. The second kappa shape index (κ2) is 9.28. The number of rotatable bonds is 6. The number of benzene rings is 2. The third kappa shape index (κ3) is 4.65. The van der Waals surface area contributed by atoms with E-state index in [1.165, 1.54) is 28.1 Å². The maximum absolute atomic E-state index is 13.0. The van der Waals surface area contributed by atoms with Crippen LogP contribution in [0.25, 0.3) is 0 Å². The lowest BCUT2D eigenvalue weighted by Crippen LogP contribution is -2.41. The monoisotopic (exact) mass is 462 g/mol. The molecule has 0 spiro atoms. The van der Waals surface area contributed by atoms with Crippen LogP contribution in [0.1, 0.15) is 41.6 Å². The van der Waals surface area contributed by atoms with Gasteiger partial charge in [-0.15, -0.1) is 0 Å². The van der Waals surface area contributed by atoms with E-state index in [-0.39, 0.29) is 26.8 Å². The summed E-state index contributed by atoms with van der Waals surface area (Å²) in [5.41, 5.74) is 1.31. The molecule has 31 heavy (non-hydrogen) atoms. The Bertz CT molecular complexity index is 1030. The molecule has 0 aromatic heterocycles. The first-order chi connectivity index (χ1) is 14.9. The maximum atomic E-state index is 13.0. The van der Waals surface area contributed by atoms with E-state index in [0.29, 0.717) is 32.8 Å². The molecule has 1 N–H and O–H groups in total. The number of carbonyl (C=O) groups excluding carboxylic acids is 1. The third-order valence-electron chi connectivity index (χ3n) is 6.32. The van der Waals surface area contributed by atoms with Gasteiger partial charge in [0, 0.05) is 25.0 Å². The number of carbonyl (C=O) groups is 1. The van der Waals surface area contributed by atoms with Gasteiger partial charge in [-0.3, -0.25) is 4.79 Å². The standard InChI is InChI=1S/C23H27ClN2O4S/c24-21-9-8-19(31(28,29)26-12-14-30-15-13-26)16-20(21)22(27)25-17-23(10-4-5-11-23)18-6-2-1-3-7-18/h1-3,6-9,16H,4-5,10-15,17H2,(H,25,27). The van der Waals surface area contributed by atoms with Gasteiger partial charge >= 0.3 is 0 Å². The minimum atomic E-state index is -3.71. The highest BCUT2D eigenvalue weighted by Gasteiger charge is 2.36. The van der Waals surface area contributed by atoms with Gasteiger partial charge in [-0.25, -0.2) is 8.42 Å². The largest absolute Gasteiger partial charge is 0.379 e. The molecular formula is C23H27ClN2O4S. The number of morpholine rings is 1. The predicted molar refractivity (Wildman–Crippen MR) is 120 cm³/mol. The zero-order valence-electron chi connectivity index (χ0n) is 17.3. The highest BCUT2D eigenvalue weighted by molar-refractivity contribution is 7.89. The van der Waals surface area contributed by atoms with E-state index in [4.69, 9.17) is 16.3 Å². The Balaban J connectivity index is 1.54. The molecular weight excluding hydrogens is 436 g/mol. The van der Waals surface area contributed by atoms with E-state index in [2.05, 4.69) is 17.4 Å². The van der Waals surface area contributed by atoms with Crippen molar-refractivity contribution in [3.63, 3.8) is 0 Å². The summed E-state index contributed by atoms with van der Waals surface area (Å²) in [5.74, 6) is -0.355. The number of amides is 1. The molecule has 0 bridgehead atoms. The molecule has 0 radical (unpaired) electrons. The normalized spacial score (nSPS) is 19.3. The highest BCUT2D eigenvalue weighted by atomic mass is 35.5. The molecule has 4 rings (SSSR count). The molecule has 1 aliphatic carbocycles. The summed E-state index contributed by atoms with van der Waals surface area (Å²) in [7, 11) is -3.71. The summed E-state index contributed by atoms with van der Waals surface area (Å²) in [6.07, 6.45) is 4.27. The zero-order chi connectivity index (χ0) is 21.9. The lowest BCUT2D eigenvalue weighted by Gasteiger charge is -2.30. The molecule has 166 valence electrons. The van der Waals surface area contributed by atoms with Crippen LogP contribution >= 0.6 is 11.6 Å². The molecule has 1 aliphatic heterocycles. The van der Waals surface area contributed by atoms with Crippen LogP contribution in [0.15, 0.2) is 53.4 Å². The molecule has 0 unspecified atom stereocenters. The molecule has 6 nitrogen and oxygen atoms in total. The first-order valence-corrected chi connectivity index (χ1v) is 12.5. The van der Waals surface area contributed by atoms with Crippen LogP contribution in [0, 0.1) is 0 Å². The second-order valence-electron chi connectivity index (χ2n) is 8.19. The number of nitrogens with zero attached hydrogens (tertiary/aromatic N) is 1. The van der Waals surface area contributed by atoms with Gasteiger partial charge in [0.1, 0.15) is 0 Å². The summed E-state index contributed by atoms with van der Waals surface area (Å²) >= 11 is 6.28. The third-order valence-corrected chi connectivity index (χ3v) is 8.55. The summed E-state index contributed by atoms with van der Waals surface area (Å²) in [4.78, 5) is 13.1. The summed E-state index contributed by atoms with van der Waals surface area (Å²) in [5, 5.41) is 3.26. The summed E-state index contributed by atoms with van der Waals surface area (Å²) < 4.78 is 32.6. The number of hydrogen-bond acceptors (Lipinski definition) is 4. The van der Waals surface area contributed by atoms with Crippen molar-refractivity contribution in [2.24, 2.45) is 0 Å². The van der Waals surface area contributed by atoms with Crippen LogP contribution in [0.5, 0.6) is 0 Å². The fraction of sp³-hybridized carbons (Fsp3) is 0.435. The Labute approximate surface area is 188 Å². The van der Waals surface area contributed by atoms with Crippen LogP contribution in [0.2, 0.25) is 5.02 Å². The van der Waals surface area contributed by atoms with Crippen LogP contribution in [-0.4, -0.2) is 51.5 Å². The second-order valence-corrected chi connectivity index (χ2v) is 10.5. The van der Waals surface area contributed by atoms with Gasteiger partial charge in [-0.1, -0.05) is 54.8 Å². The van der Waals surface area contributed by atoms with Gasteiger partial charge in [0.05, 0.1) is 28.7 Å². The number of ether oxygens (including phenoxy) is 1. The molecule has 2 aliphatic rings. The van der Waals surface area contributed by atoms with Gasteiger partial charge in [-0.05, 0) is 36.6 Å². The Kier molecular flexibility index (Phi) is 6.67. The highest BCUT2D eigenvalue weighted by Crippen LogP contribution is 2.40. The summed E-state index contributed by atoms with van der Waals surface area (Å²) in [6, 6.07) is 14.6. The van der Waals surface area contributed by atoms with E-state index in [0.717, 1.165) is 25.7 Å². The SMILES string of the molecule is O=C(NCC1(c2ccccc2)CCCC1)c1cc(S(=O)(=O)N2CCOCC2)ccc1Cl. The van der Waals surface area contributed by atoms with Crippen molar-refractivity contribution in [3.05, 3.63) is 64.7 Å². The molecule has 8 heteroatoms. The Morgan fingerprint density at radius 2 is 1.74 bits per heavy atom. The molecule has 2 aromatic rings. The average molecular weight is 463 g/mol. The van der Waals surface area contributed by atoms with Crippen molar-refractivity contribution < 1.29 is 17.9 Å². The molecule has 0 atom stereocenters. The van der Waals surface area contributed by atoms with E-state index in [9.17, 15) is 13.2 Å². The minimum Gasteiger partial charge on any atom is -0.379 e. The van der Waals surface area contributed by atoms with Crippen molar-refractivity contribution in [2.45, 2.75) is 36.0 Å². The van der Waals surface area contributed by atoms with Crippen LogP contribution < -0.4 is 5.32 Å².